The molecule has 9 nitrogen and oxygen atoms in total. The monoisotopic (exact) mass is 518 g/mol. The molecule has 4 rings (SSSR count). The molecule has 1 atom stereocenters. The molecule has 0 radical (unpaired) electrons. The van der Waals surface area contributed by atoms with Gasteiger partial charge in [-0.3, -0.25) is 14.9 Å². The first-order chi connectivity index (χ1) is 16.9. The van der Waals surface area contributed by atoms with Crippen LogP contribution >= 0.6 is 0 Å². The summed E-state index contributed by atoms with van der Waals surface area (Å²) in [5, 5.41) is 7.35. The highest BCUT2D eigenvalue weighted by molar-refractivity contribution is 5.95. The summed E-state index contributed by atoms with van der Waals surface area (Å²) in [7, 11) is 0. The molecule has 0 saturated heterocycles. The third-order valence-electron chi connectivity index (χ3n) is 5.88. The van der Waals surface area contributed by atoms with E-state index >= 15 is 0 Å². The Balaban J connectivity index is 1.31. The molecule has 0 spiro atoms. The van der Waals surface area contributed by atoms with E-state index in [0.29, 0.717) is 38.9 Å². The predicted octanol–water partition coefficient (Wildman–Crippen LogP) is 2.46. The normalized spacial score (nSPS) is 17.6. The minimum absolute atomic E-state index is 0.157. The van der Waals surface area contributed by atoms with Crippen molar-refractivity contribution in [2.75, 3.05) is 18.0 Å². The molecule has 15 heteroatoms. The zero-order chi connectivity index (χ0) is 26.1. The number of carbonyl (C=O) groups is 1. The topological polar surface area (TPSA) is 100 Å². The van der Waals surface area contributed by atoms with Crippen LogP contribution in [0.5, 0.6) is 0 Å². The van der Waals surface area contributed by atoms with Crippen LogP contribution < -0.4 is 21.1 Å². The summed E-state index contributed by atoms with van der Waals surface area (Å²) in [5.74, 6) is -1.01. The van der Waals surface area contributed by atoms with Gasteiger partial charge in [0.15, 0.2) is 0 Å². The molecule has 196 valence electrons. The van der Waals surface area contributed by atoms with Gasteiger partial charge in [0.2, 0.25) is 5.95 Å². The Morgan fingerprint density at radius 2 is 1.86 bits per heavy atom. The second-order valence-corrected chi connectivity index (χ2v) is 8.65. The number of nitrogens with one attached hydrogen (secondary N) is 3. The second-order valence-electron chi connectivity index (χ2n) is 8.65. The first kappa shape index (κ1) is 25.7. The van der Waals surface area contributed by atoms with Crippen LogP contribution in [0, 0.1) is 0 Å². The molecule has 2 aromatic rings. The number of fused-ring (bicyclic) bond motifs is 1. The number of anilines is 1. The molecule has 2 aliphatic rings. The molecule has 3 N–H and O–H groups in total. The zero-order valence-electron chi connectivity index (χ0n) is 19.2. The van der Waals surface area contributed by atoms with E-state index in [4.69, 9.17) is 0 Å². The van der Waals surface area contributed by atoms with Crippen molar-refractivity contribution >= 4 is 11.9 Å². The van der Waals surface area contributed by atoms with Crippen LogP contribution in [0.3, 0.4) is 0 Å². The Labute approximate surface area is 201 Å². The first-order valence-electron chi connectivity index (χ1n) is 11.2. The van der Waals surface area contributed by atoms with Gasteiger partial charge in [-0.1, -0.05) is 0 Å². The van der Waals surface area contributed by atoms with Crippen molar-refractivity contribution in [2.45, 2.75) is 57.7 Å². The molecule has 0 unspecified atom stereocenters. The summed E-state index contributed by atoms with van der Waals surface area (Å²) >= 11 is 0. The molecule has 0 aliphatic carbocycles. The lowest BCUT2D eigenvalue weighted by Gasteiger charge is -2.26. The molecule has 4 heterocycles. The summed E-state index contributed by atoms with van der Waals surface area (Å²) < 4.78 is 79.6. The van der Waals surface area contributed by atoms with E-state index in [1.165, 1.54) is 0 Å². The van der Waals surface area contributed by atoms with Crippen LogP contribution in [0.25, 0.3) is 0 Å². The van der Waals surface area contributed by atoms with E-state index in [0.717, 1.165) is 23.7 Å². The van der Waals surface area contributed by atoms with Crippen LogP contribution in [0.2, 0.25) is 0 Å². The lowest BCUT2D eigenvalue weighted by Crippen LogP contribution is -2.51. The number of amides is 1. The van der Waals surface area contributed by atoms with Crippen molar-refractivity contribution in [3.8, 4) is 0 Å². The minimum atomic E-state index is -4.76. The van der Waals surface area contributed by atoms with E-state index in [2.05, 4.69) is 25.8 Å². The Bertz CT molecular complexity index is 1120. The van der Waals surface area contributed by atoms with Crippen LogP contribution in [-0.2, 0) is 30.5 Å². The molecule has 1 amide bonds. The first-order valence-corrected chi connectivity index (χ1v) is 11.2. The van der Waals surface area contributed by atoms with Crippen LogP contribution in [0.1, 0.15) is 36.6 Å². The lowest BCUT2D eigenvalue weighted by molar-refractivity contribution is -0.138. The molecule has 0 saturated carbocycles. The number of hydrogen-bond donors (Lipinski definition) is 3. The molecule has 2 aliphatic heterocycles. The number of halogens is 6. The zero-order valence-corrected chi connectivity index (χ0v) is 19.2. The van der Waals surface area contributed by atoms with Gasteiger partial charge in [-0.2, -0.15) is 31.4 Å². The number of alkyl halides is 6. The van der Waals surface area contributed by atoms with E-state index in [1.54, 1.807) is 16.5 Å². The SMILES string of the molecule is C[C@@H](CCCn1cc2c(n1)CCN(c1ncc(C(F)(F)F)cn1)C2)NC1=C(C(F)(F)F)C(=O)NNC1. The van der Waals surface area contributed by atoms with Gasteiger partial charge in [0.25, 0.3) is 5.91 Å². The smallest absolute Gasteiger partial charge is 0.384 e. The Kier molecular flexibility index (Phi) is 7.11. The third kappa shape index (κ3) is 5.88. The number of nitrogens with zero attached hydrogens (tertiary/aromatic N) is 5. The number of hydrogen-bond acceptors (Lipinski definition) is 7. The quantitative estimate of drug-likeness (QED) is 0.485. The average molecular weight is 518 g/mol. The van der Waals surface area contributed by atoms with Gasteiger partial charge in [0.1, 0.15) is 5.57 Å². The Hall–Kier alpha value is -3.36. The maximum Gasteiger partial charge on any atom is 0.423 e. The van der Waals surface area contributed by atoms with Crippen LogP contribution in [0.15, 0.2) is 29.9 Å². The van der Waals surface area contributed by atoms with Crippen LogP contribution in [-0.4, -0.2) is 51.0 Å². The molecule has 0 fully saturated rings. The summed E-state index contributed by atoms with van der Waals surface area (Å²) in [4.78, 5) is 21.1. The summed E-state index contributed by atoms with van der Waals surface area (Å²) in [6.07, 6.45) is -4.15. The van der Waals surface area contributed by atoms with Gasteiger partial charge >= 0.3 is 12.4 Å². The summed E-state index contributed by atoms with van der Waals surface area (Å²) in [5.41, 5.74) is 3.87. The average Bonchev–Trinajstić information content (AvgIpc) is 3.19. The molecule has 0 bridgehead atoms. The highest BCUT2D eigenvalue weighted by Crippen LogP contribution is 2.30. The number of aromatic nitrogens is 4. The fraction of sp³-hybridized carbons (Fsp3) is 0.524. The molecular weight excluding hydrogens is 494 g/mol. The number of aryl methyl sites for hydroxylation is 1. The fourth-order valence-electron chi connectivity index (χ4n) is 4.14. The summed E-state index contributed by atoms with van der Waals surface area (Å²) in [6, 6.07) is -0.317. The van der Waals surface area contributed by atoms with Gasteiger partial charge in [-0.25, -0.2) is 15.4 Å². The third-order valence-corrected chi connectivity index (χ3v) is 5.88. The Morgan fingerprint density at radius 3 is 2.53 bits per heavy atom. The van der Waals surface area contributed by atoms with E-state index < -0.39 is 29.4 Å². The minimum Gasteiger partial charge on any atom is -0.384 e. The summed E-state index contributed by atoms with van der Waals surface area (Å²) in [6.45, 7) is 3.02. The van der Waals surface area contributed by atoms with Gasteiger partial charge in [-0.05, 0) is 19.8 Å². The van der Waals surface area contributed by atoms with Crippen molar-refractivity contribution in [1.29, 1.82) is 0 Å². The van der Waals surface area contributed by atoms with Crippen molar-refractivity contribution in [3.05, 3.63) is 46.7 Å². The molecule has 0 aromatic carbocycles. The maximum absolute atomic E-state index is 13.2. The number of rotatable bonds is 7. The molecule has 36 heavy (non-hydrogen) atoms. The van der Waals surface area contributed by atoms with E-state index in [1.807, 2.05) is 11.6 Å². The molecule has 2 aromatic heterocycles. The molecular formula is C21H24F6N8O. The lowest BCUT2D eigenvalue weighted by atomic mass is 10.1. The van der Waals surface area contributed by atoms with Gasteiger partial charge in [-0.15, -0.1) is 0 Å². The maximum atomic E-state index is 13.2. The number of hydrazine groups is 1. The predicted molar refractivity (Wildman–Crippen MR) is 115 cm³/mol. The van der Waals surface area contributed by atoms with Crippen LogP contribution in [0.4, 0.5) is 32.3 Å². The fourth-order valence-corrected chi connectivity index (χ4v) is 4.14. The van der Waals surface area contributed by atoms with Crippen molar-refractivity contribution < 1.29 is 31.1 Å². The van der Waals surface area contributed by atoms with Gasteiger partial charge in [0.05, 0.1) is 17.8 Å². The number of carbonyl (C=O) groups excluding carboxylic acids is 1. The van der Waals surface area contributed by atoms with Crippen molar-refractivity contribution in [3.63, 3.8) is 0 Å². The van der Waals surface area contributed by atoms with E-state index in [-0.39, 0.29) is 24.2 Å². The van der Waals surface area contributed by atoms with Crippen molar-refractivity contribution in [1.82, 2.24) is 35.9 Å². The second kappa shape index (κ2) is 9.95. The van der Waals surface area contributed by atoms with Gasteiger partial charge < -0.3 is 10.2 Å². The van der Waals surface area contributed by atoms with Gasteiger partial charge in [0, 0.05) is 61.9 Å². The van der Waals surface area contributed by atoms with E-state index in [9.17, 15) is 31.1 Å². The van der Waals surface area contributed by atoms with Crippen molar-refractivity contribution in [2.24, 2.45) is 0 Å². The largest absolute Gasteiger partial charge is 0.423 e. The Morgan fingerprint density at radius 1 is 1.14 bits per heavy atom. The highest BCUT2D eigenvalue weighted by atomic mass is 19.4. The highest BCUT2D eigenvalue weighted by Gasteiger charge is 2.43. The standard InChI is InChI=1S/C21H24F6N8O/c1-12(31-16-9-30-32-18(36)17(16)21(25,26)27)3-2-5-35-11-13-10-34(6-4-15(13)33-35)19-28-7-14(8-29-19)20(22,23)24/h7-8,11-12,30-31H,2-6,9-10H2,1H3,(H,32,36)/t12-/m0/s1.